The number of carboxylic acid groups (broad SMARTS) is 2. The average molecular weight is 1390 g/mol. The van der Waals surface area contributed by atoms with Gasteiger partial charge < -0.3 is 75.8 Å². The number of aromatic amines is 3. The number of alkyl halides is 14. The molecule has 1 fully saturated rings. The Hall–Kier alpha value is -9.27. The Kier molecular flexibility index (Phi) is 32.1. The zero-order chi connectivity index (χ0) is 73.3. The number of esters is 1. The van der Waals surface area contributed by atoms with Crippen molar-refractivity contribution in [2.75, 3.05) is 48.1 Å². The number of rotatable bonds is 21. The molecule has 38 heteroatoms. The number of benzene rings is 3. The number of hydrogen-bond donors (Lipinski definition) is 10. The number of para-hydroxylation sites is 3. The number of aromatic nitrogens is 3. The predicted octanol–water partition coefficient (Wildman–Crippen LogP) is 7.52. The third kappa shape index (κ3) is 23.3. The Morgan fingerprint density at radius 1 is 0.537 bits per heavy atom. The van der Waals surface area contributed by atoms with Crippen LogP contribution in [0.2, 0.25) is 0 Å². The summed E-state index contributed by atoms with van der Waals surface area (Å²) in [6.45, 7) is 5.06. The van der Waals surface area contributed by atoms with Crippen LogP contribution in [0.3, 0.4) is 0 Å². The van der Waals surface area contributed by atoms with E-state index in [-0.39, 0.29) is 5.56 Å². The zero-order valence-corrected chi connectivity index (χ0v) is 51.1. The van der Waals surface area contributed by atoms with Crippen molar-refractivity contribution in [2.24, 2.45) is 5.73 Å². The quantitative estimate of drug-likeness (QED) is 0.0144. The third-order valence-electron chi connectivity index (χ3n) is 12.5. The van der Waals surface area contributed by atoms with Crippen molar-refractivity contribution in [3.05, 3.63) is 109 Å². The van der Waals surface area contributed by atoms with E-state index in [0.29, 0.717) is 50.3 Å². The fourth-order valence-corrected chi connectivity index (χ4v) is 6.90. The van der Waals surface area contributed by atoms with Crippen LogP contribution in [0.1, 0.15) is 61.3 Å². The molecule has 95 heavy (non-hydrogen) atoms. The van der Waals surface area contributed by atoms with Gasteiger partial charge in [0, 0.05) is 91.5 Å². The van der Waals surface area contributed by atoms with Crippen molar-refractivity contribution < 1.29 is 139 Å². The number of aliphatic hydroxyl groups excluding tert-OH is 1. The average Bonchev–Trinajstić information content (AvgIpc) is 1.31. The normalized spacial score (nSPS) is 13.7. The highest BCUT2D eigenvalue weighted by Gasteiger charge is 2.65. The number of amides is 4. The number of fused-ring (bicyclic) bond motifs is 3. The molecule has 6 aromatic rings. The van der Waals surface area contributed by atoms with E-state index in [1.54, 1.807) is 58.7 Å². The number of nitrogens with one attached hydrogen (secondary N) is 6. The van der Waals surface area contributed by atoms with Gasteiger partial charge in [-0.1, -0.05) is 54.6 Å². The van der Waals surface area contributed by atoms with Gasteiger partial charge in [-0.3, -0.25) is 38.4 Å². The number of aliphatic hydroxyl groups is 1. The molecule has 1 aliphatic heterocycles. The molecular weight excluding hydrogens is 1320 g/mol. The number of nitrogens with zero attached hydrogens (tertiary/aromatic N) is 1. The van der Waals surface area contributed by atoms with Crippen LogP contribution in [-0.4, -0.2) is 203 Å². The minimum absolute atomic E-state index is 0.153. The Labute approximate surface area is 529 Å². The molecule has 1 aliphatic rings. The van der Waals surface area contributed by atoms with Gasteiger partial charge in [-0.2, -0.15) is 61.5 Å². The molecule has 7 rings (SSSR count). The number of likely N-dealkylation sites (tertiary alicyclic amines) is 1. The van der Waals surface area contributed by atoms with Crippen molar-refractivity contribution in [3.63, 3.8) is 0 Å². The van der Waals surface area contributed by atoms with Gasteiger partial charge in [0.1, 0.15) is 18.7 Å². The number of carbonyl (C=O) groups is 9. The first-order valence-corrected chi connectivity index (χ1v) is 26.9. The highest BCUT2D eigenvalue weighted by molar-refractivity contribution is 6.12. The number of aliphatic carboxylic acids is 2. The SMILES string of the molecule is COC(=O)C(F)(F)C(F)(F)OC.COC(F)(F)C(F)(F)C(=O)N[C@H](C)C(=O)O.COC(F)(F)C(F)(F)C(=O)N[C@H](C)C(=O)c1c[nH]c2ccccc12.C[C@@H](N)C(=O)O.C[C@@H](NC(=O)C(F)(F)CO)C(=O)c1c[nH]c2ccccc12.O=CN1CCCC1.c1ccc2[nH]ccc2c1. The number of carbonyl (C=O) groups excluding carboxylic acids is 7. The van der Waals surface area contributed by atoms with Crippen molar-refractivity contribution in [3.8, 4) is 0 Å². The summed E-state index contributed by atoms with van der Waals surface area (Å²) in [5.74, 6) is -31.6. The fraction of sp³-hybridized carbons (Fsp3) is 0.421. The van der Waals surface area contributed by atoms with Gasteiger partial charge in [0.05, 0.1) is 19.2 Å². The standard InChI is InChI=1S/C15H14F4N2O3.C14H14F2N2O3.C8H7N.C7H9F4NO4.C5H6F4O3.C5H9NO.C3H7NO2/c1-8(21-13(23)14(16,17)15(18,19)24-2)12(22)10-7-20-11-6-4-3-5-9(10)11;1-8(18-13(21)14(15,16)7-19)12(20)10-6-17-11-5-3-2-4-9(10)11;1-2-4-8-7(3-1)5-6-9-8;1-3(4(13)14)12-5(15)6(8,9)7(10,11)16-2;1-11-3(10)4(6,7)5(8,9)12-2;7-5-6-3-1-2-4-6;1-2(4)3(5)6/h3-8,20H,1-2H3,(H,21,23);2-6,8,17,19H,7H2,1H3,(H,18,21);1-6,9H;3H,1-2H3,(H,12,15)(H,13,14);1-2H3;5H,1-4H2;2H,4H2,1H3,(H,5,6)/t2*8-;;3-;;;2-/m11.1..1/s1. The number of methoxy groups -OCH3 is 4. The molecule has 528 valence electrons. The fourth-order valence-electron chi connectivity index (χ4n) is 6.90. The molecule has 3 aromatic carbocycles. The third-order valence-corrected chi connectivity index (χ3v) is 12.5. The topological polar surface area (TPSA) is 364 Å². The minimum Gasteiger partial charge on any atom is -0.480 e. The lowest BCUT2D eigenvalue weighted by Crippen LogP contribution is -2.56. The predicted molar refractivity (Wildman–Crippen MR) is 307 cm³/mol. The van der Waals surface area contributed by atoms with E-state index in [4.69, 9.17) is 21.1 Å². The second kappa shape index (κ2) is 36.4. The first-order chi connectivity index (χ1) is 43.9. The summed E-state index contributed by atoms with van der Waals surface area (Å²) in [6.07, 6.45) is -6.75. The molecule has 4 atom stereocenters. The molecule has 24 nitrogen and oxygen atoms in total. The first-order valence-electron chi connectivity index (χ1n) is 26.9. The Morgan fingerprint density at radius 3 is 1.23 bits per heavy atom. The van der Waals surface area contributed by atoms with Crippen LogP contribution in [0.25, 0.3) is 32.7 Å². The van der Waals surface area contributed by atoms with E-state index in [2.05, 4.69) is 52.1 Å². The molecule has 4 amide bonds. The smallest absolute Gasteiger partial charge is 0.431 e. The molecule has 3 aromatic heterocycles. The van der Waals surface area contributed by atoms with Gasteiger partial charge in [0.15, 0.2) is 11.6 Å². The second-order valence-electron chi connectivity index (χ2n) is 19.4. The van der Waals surface area contributed by atoms with Crippen LogP contribution in [0.15, 0.2) is 97.5 Å². The molecular formula is C57H66F14N8O16. The largest absolute Gasteiger partial charge is 0.480 e. The molecule has 1 saturated heterocycles. The van der Waals surface area contributed by atoms with Crippen LogP contribution < -0.4 is 21.7 Å². The lowest BCUT2D eigenvalue weighted by molar-refractivity contribution is -0.329. The number of hydrogen-bond acceptors (Lipinski definition) is 15. The van der Waals surface area contributed by atoms with Crippen molar-refractivity contribution in [1.82, 2.24) is 35.8 Å². The maximum atomic E-state index is 13.4. The number of nitrogens with two attached hydrogens (primary N) is 1. The summed E-state index contributed by atoms with van der Waals surface area (Å²) in [6, 6.07) is 19.0. The van der Waals surface area contributed by atoms with E-state index in [1.807, 2.05) is 23.6 Å². The van der Waals surface area contributed by atoms with Crippen LogP contribution in [0.4, 0.5) is 61.5 Å². The Balaban J connectivity index is 0.000000581. The van der Waals surface area contributed by atoms with Gasteiger partial charge in [-0.05, 0) is 70.2 Å². The summed E-state index contributed by atoms with van der Waals surface area (Å²) < 4.78 is 191. The molecule has 4 heterocycles. The first kappa shape index (κ1) is 83.7. The number of Topliss-reactive ketones (excluding diaryl/α,β-unsaturated/α-hetero) is 2. The molecule has 0 radical (unpaired) electrons. The van der Waals surface area contributed by atoms with Gasteiger partial charge in [-0.15, -0.1) is 0 Å². The van der Waals surface area contributed by atoms with Crippen molar-refractivity contribution >= 4 is 86.3 Å². The Morgan fingerprint density at radius 2 is 0.895 bits per heavy atom. The lowest BCUT2D eigenvalue weighted by Gasteiger charge is -2.24. The van der Waals surface area contributed by atoms with Crippen LogP contribution in [0, 0.1) is 0 Å². The van der Waals surface area contributed by atoms with E-state index < -0.39 is 120 Å². The number of ketones is 2. The van der Waals surface area contributed by atoms with Crippen LogP contribution in [-0.2, 0) is 52.5 Å². The molecule has 0 aliphatic carbocycles. The number of carboxylic acids is 2. The maximum absolute atomic E-state index is 13.4. The Bertz CT molecular complexity index is 3480. The maximum Gasteiger partial charge on any atom is 0.431 e. The van der Waals surface area contributed by atoms with Crippen LogP contribution in [0.5, 0.6) is 0 Å². The highest BCUT2D eigenvalue weighted by Crippen LogP contribution is 2.37. The summed E-state index contributed by atoms with van der Waals surface area (Å²) >= 11 is 0. The summed E-state index contributed by atoms with van der Waals surface area (Å²) in [7, 11) is 1.57. The highest BCUT2D eigenvalue weighted by atomic mass is 19.3. The second-order valence-corrected chi connectivity index (χ2v) is 19.4. The van der Waals surface area contributed by atoms with Crippen molar-refractivity contribution in [2.45, 2.75) is 107 Å². The number of H-pyrrole nitrogens is 3. The van der Waals surface area contributed by atoms with E-state index in [0.717, 1.165) is 38.9 Å². The molecule has 0 bridgehead atoms. The molecule has 0 saturated carbocycles. The molecule has 0 spiro atoms. The van der Waals surface area contributed by atoms with E-state index in [9.17, 15) is 105 Å². The van der Waals surface area contributed by atoms with Gasteiger partial charge in [0.2, 0.25) is 6.41 Å². The summed E-state index contributed by atoms with van der Waals surface area (Å²) in [5, 5.41) is 31.8. The van der Waals surface area contributed by atoms with E-state index >= 15 is 0 Å². The van der Waals surface area contributed by atoms with Crippen LogP contribution >= 0.6 is 0 Å². The van der Waals surface area contributed by atoms with Gasteiger partial charge >= 0.3 is 71.7 Å². The monoisotopic (exact) mass is 1380 g/mol. The van der Waals surface area contributed by atoms with Gasteiger partial charge in [-0.25, -0.2) is 4.79 Å². The number of ether oxygens (including phenoxy) is 4. The summed E-state index contributed by atoms with van der Waals surface area (Å²) in [5.41, 5.74) is 7.88. The zero-order valence-electron chi connectivity index (χ0n) is 51.1. The molecule has 11 N–H and O–H groups in total. The summed E-state index contributed by atoms with van der Waals surface area (Å²) in [4.78, 5) is 108. The number of halogens is 14. The van der Waals surface area contributed by atoms with Gasteiger partial charge in [0.25, 0.3) is 5.91 Å². The molecule has 0 unspecified atom stereocenters. The minimum atomic E-state index is -5.15. The lowest BCUT2D eigenvalue weighted by atomic mass is 10.0. The van der Waals surface area contributed by atoms with E-state index in [1.165, 1.54) is 55.3 Å². The van der Waals surface area contributed by atoms with Crippen molar-refractivity contribution in [1.29, 1.82) is 0 Å².